The molecule has 2 aromatic rings. The molecule has 0 bridgehead atoms. The van der Waals surface area contributed by atoms with Gasteiger partial charge in [-0.05, 0) is 37.7 Å². The first-order valence-electron chi connectivity index (χ1n) is 7.67. The van der Waals surface area contributed by atoms with E-state index in [2.05, 4.69) is 29.0 Å². The third-order valence-corrected chi connectivity index (χ3v) is 4.64. The van der Waals surface area contributed by atoms with Crippen LogP contribution in [-0.4, -0.2) is 9.78 Å². The molecule has 1 aromatic heterocycles. The Labute approximate surface area is 120 Å². The zero-order valence-corrected chi connectivity index (χ0v) is 12.1. The maximum absolute atomic E-state index is 6.04. The van der Waals surface area contributed by atoms with Crippen molar-refractivity contribution in [3.63, 3.8) is 0 Å². The van der Waals surface area contributed by atoms with Gasteiger partial charge in [-0.2, -0.15) is 5.10 Å². The molecule has 1 aromatic carbocycles. The van der Waals surface area contributed by atoms with Crippen LogP contribution in [0.1, 0.15) is 45.1 Å². The largest absolute Gasteiger partial charge is 0.398 e. The van der Waals surface area contributed by atoms with Crippen LogP contribution in [0.5, 0.6) is 0 Å². The van der Waals surface area contributed by atoms with Crippen molar-refractivity contribution < 1.29 is 0 Å². The van der Waals surface area contributed by atoms with E-state index in [1.807, 2.05) is 24.4 Å². The van der Waals surface area contributed by atoms with Gasteiger partial charge in [0.1, 0.15) is 0 Å². The molecule has 20 heavy (non-hydrogen) atoms. The number of rotatable bonds is 3. The van der Waals surface area contributed by atoms with Crippen molar-refractivity contribution in [2.75, 3.05) is 5.73 Å². The van der Waals surface area contributed by atoms with Crippen molar-refractivity contribution in [3.05, 3.63) is 36.7 Å². The Hall–Kier alpha value is -1.77. The molecule has 3 heteroatoms. The normalized spacial score (nSPS) is 22.9. The summed E-state index contributed by atoms with van der Waals surface area (Å²) in [5.74, 6) is 0.922. The molecular formula is C17H23N3. The molecule has 1 aliphatic carbocycles. The molecule has 1 aliphatic rings. The maximum Gasteiger partial charge on any atom is 0.0569 e. The summed E-state index contributed by atoms with van der Waals surface area (Å²) >= 11 is 0. The molecule has 3 rings (SSSR count). The number of nitrogens with zero attached hydrogens (tertiary/aromatic N) is 2. The summed E-state index contributed by atoms with van der Waals surface area (Å²) in [4.78, 5) is 0. The van der Waals surface area contributed by atoms with E-state index in [1.54, 1.807) is 0 Å². The smallest absolute Gasteiger partial charge is 0.0569 e. The van der Waals surface area contributed by atoms with Gasteiger partial charge in [-0.15, -0.1) is 0 Å². The standard InChI is InChI=1S/C17H23N3/c1-2-13-7-9-15(10-8-13)20-12-14(11-19-20)16-5-3-4-6-17(16)18/h3-6,11-13,15H,2,7-10,18H2,1H3. The predicted octanol–water partition coefficient (Wildman–Crippen LogP) is 4.27. The Morgan fingerprint density at radius 2 is 1.95 bits per heavy atom. The van der Waals surface area contributed by atoms with Gasteiger partial charge in [-0.25, -0.2) is 0 Å². The highest BCUT2D eigenvalue weighted by Gasteiger charge is 2.22. The summed E-state index contributed by atoms with van der Waals surface area (Å²) in [6.07, 6.45) is 10.6. The Morgan fingerprint density at radius 3 is 2.65 bits per heavy atom. The first kappa shape index (κ1) is 13.2. The number of nitrogen functional groups attached to an aromatic ring is 1. The molecule has 0 radical (unpaired) electrons. The van der Waals surface area contributed by atoms with E-state index in [0.717, 1.165) is 22.7 Å². The van der Waals surface area contributed by atoms with E-state index in [4.69, 9.17) is 5.73 Å². The molecule has 0 aliphatic heterocycles. The predicted molar refractivity (Wildman–Crippen MR) is 83.4 cm³/mol. The highest BCUT2D eigenvalue weighted by molar-refractivity contribution is 5.75. The van der Waals surface area contributed by atoms with Gasteiger partial charge in [0.2, 0.25) is 0 Å². The highest BCUT2D eigenvalue weighted by Crippen LogP contribution is 2.34. The fraction of sp³-hybridized carbons (Fsp3) is 0.471. The van der Waals surface area contributed by atoms with Gasteiger partial charge in [0.25, 0.3) is 0 Å². The Bertz CT molecular complexity index is 565. The number of hydrogen-bond acceptors (Lipinski definition) is 2. The zero-order valence-electron chi connectivity index (χ0n) is 12.1. The molecule has 2 N–H and O–H groups in total. The number of hydrogen-bond donors (Lipinski definition) is 1. The van der Waals surface area contributed by atoms with Crippen LogP contribution < -0.4 is 5.73 Å². The summed E-state index contributed by atoms with van der Waals surface area (Å²) < 4.78 is 2.15. The minimum Gasteiger partial charge on any atom is -0.398 e. The van der Waals surface area contributed by atoms with Gasteiger partial charge < -0.3 is 5.73 Å². The van der Waals surface area contributed by atoms with Crippen LogP contribution in [0.3, 0.4) is 0 Å². The highest BCUT2D eigenvalue weighted by atomic mass is 15.3. The second-order valence-electron chi connectivity index (χ2n) is 5.88. The van der Waals surface area contributed by atoms with Gasteiger partial charge in [0, 0.05) is 23.0 Å². The van der Waals surface area contributed by atoms with Gasteiger partial charge in [0.15, 0.2) is 0 Å². The lowest BCUT2D eigenvalue weighted by Gasteiger charge is -2.27. The van der Waals surface area contributed by atoms with Crippen molar-refractivity contribution in [1.82, 2.24) is 9.78 Å². The van der Waals surface area contributed by atoms with Crippen LogP contribution in [0.2, 0.25) is 0 Å². The molecule has 0 spiro atoms. The van der Waals surface area contributed by atoms with E-state index in [-0.39, 0.29) is 0 Å². The Balaban J connectivity index is 1.76. The maximum atomic E-state index is 6.04. The van der Waals surface area contributed by atoms with Gasteiger partial charge in [-0.1, -0.05) is 31.5 Å². The van der Waals surface area contributed by atoms with E-state index in [1.165, 1.54) is 32.1 Å². The lowest BCUT2D eigenvalue weighted by Crippen LogP contribution is -2.18. The molecule has 106 valence electrons. The molecule has 0 saturated heterocycles. The monoisotopic (exact) mass is 269 g/mol. The first-order valence-corrected chi connectivity index (χ1v) is 7.67. The topological polar surface area (TPSA) is 43.8 Å². The van der Waals surface area contributed by atoms with Gasteiger partial charge >= 0.3 is 0 Å². The van der Waals surface area contributed by atoms with Crippen LogP contribution >= 0.6 is 0 Å². The fourth-order valence-corrected chi connectivity index (χ4v) is 3.25. The van der Waals surface area contributed by atoms with Crippen LogP contribution in [0, 0.1) is 5.92 Å². The second-order valence-corrected chi connectivity index (χ2v) is 5.88. The molecule has 1 heterocycles. The number of para-hydroxylation sites is 1. The summed E-state index contributed by atoms with van der Waals surface area (Å²) in [7, 11) is 0. The van der Waals surface area contributed by atoms with Crippen molar-refractivity contribution >= 4 is 5.69 Å². The molecule has 0 atom stereocenters. The third-order valence-electron chi connectivity index (χ3n) is 4.64. The van der Waals surface area contributed by atoms with Crippen LogP contribution in [0.25, 0.3) is 11.1 Å². The lowest BCUT2D eigenvalue weighted by molar-refractivity contribution is 0.256. The average Bonchev–Trinajstić information content (AvgIpc) is 2.97. The lowest BCUT2D eigenvalue weighted by atomic mass is 9.85. The van der Waals surface area contributed by atoms with Crippen molar-refractivity contribution in [2.24, 2.45) is 5.92 Å². The van der Waals surface area contributed by atoms with Crippen molar-refractivity contribution in [2.45, 2.75) is 45.1 Å². The molecule has 0 amide bonds. The van der Waals surface area contributed by atoms with Crippen LogP contribution in [0.4, 0.5) is 5.69 Å². The first-order chi connectivity index (χ1) is 9.78. The number of nitrogens with two attached hydrogens (primary N) is 1. The third kappa shape index (κ3) is 2.58. The molecule has 0 unspecified atom stereocenters. The van der Waals surface area contributed by atoms with Gasteiger partial charge in [-0.3, -0.25) is 4.68 Å². The Kier molecular flexibility index (Phi) is 3.77. The minimum absolute atomic E-state index is 0.566. The van der Waals surface area contributed by atoms with E-state index >= 15 is 0 Å². The summed E-state index contributed by atoms with van der Waals surface area (Å²) in [6.45, 7) is 2.30. The van der Waals surface area contributed by atoms with Crippen LogP contribution in [0.15, 0.2) is 36.7 Å². The number of anilines is 1. The summed E-state index contributed by atoms with van der Waals surface area (Å²) in [6, 6.07) is 8.56. The SMILES string of the molecule is CCC1CCC(n2cc(-c3ccccc3N)cn2)CC1. The van der Waals surface area contributed by atoms with Crippen LogP contribution in [-0.2, 0) is 0 Å². The number of aromatic nitrogens is 2. The molecule has 3 nitrogen and oxygen atoms in total. The summed E-state index contributed by atoms with van der Waals surface area (Å²) in [5.41, 5.74) is 9.07. The molecule has 1 saturated carbocycles. The van der Waals surface area contributed by atoms with E-state index in [9.17, 15) is 0 Å². The van der Waals surface area contributed by atoms with Crippen molar-refractivity contribution in [1.29, 1.82) is 0 Å². The van der Waals surface area contributed by atoms with Crippen molar-refractivity contribution in [3.8, 4) is 11.1 Å². The quantitative estimate of drug-likeness (QED) is 0.845. The molecular weight excluding hydrogens is 246 g/mol. The zero-order chi connectivity index (χ0) is 13.9. The van der Waals surface area contributed by atoms with Gasteiger partial charge in [0.05, 0.1) is 12.2 Å². The average molecular weight is 269 g/mol. The Morgan fingerprint density at radius 1 is 1.20 bits per heavy atom. The fourth-order valence-electron chi connectivity index (χ4n) is 3.25. The van der Waals surface area contributed by atoms with E-state index in [0.29, 0.717) is 6.04 Å². The van der Waals surface area contributed by atoms with E-state index < -0.39 is 0 Å². The second kappa shape index (κ2) is 5.70. The minimum atomic E-state index is 0.566. The number of benzene rings is 1. The molecule has 1 fully saturated rings. The summed E-state index contributed by atoms with van der Waals surface area (Å²) in [5, 5.41) is 4.57.